The average molecular weight is 345 g/mol. The van der Waals surface area contributed by atoms with Gasteiger partial charge in [-0.15, -0.1) is 0 Å². The van der Waals surface area contributed by atoms with E-state index < -0.39 is 0 Å². The second kappa shape index (κ2) is 6.65. The first kappa shape index (κ1) is 18.3. The van der Waals surface area contributed by atoms with Crippen molar-refractivity contribution in [3.05, 3.63) is 64.2 Å². The minimum atomic E-state index is 0.174. The van der Waals surface area contributed by atoms with Crippen LogP contribution in [-0.2, 0) is 10.8 Å². The maximum Gasteiger partial charge on any atom is 0.126 e. The van der Waals surface area contributed by atoms with Gasteiger partial charge in [0.25, 0.3) is 0 Å². The van der Waals surface area contributed by atoms with Gasteiger partial charge in [-0.05, 0) is 64.6 Å². The second-order valence-corrected chi connectivity index (χ2v) is 8.47. The van der Waals surface area contributed by atoms with E-state index >= 15 is 0 Å². The Balaban J connectivity index is 2.04. The quantitative estimate of drug-likeness (QED) is 0.631. The highest BCUT2D eigenvalue weighted by molar-refractivity contribution is 5.74. The molecule has 0 atom stereocenters. The minimum absolute atomic E-state index is 0.174. The van der Waals surface area contributed by atoms with Gasteiger partial charge < -0.3 is 4.74 Å². The molecule has 0 aliphatic heterocycles. The number of ether oxygens (including phenoxy) is 1. The van der Waals surface area contributed by atoms with Gasteiger partial charge >= 0.3 is 0 Å². The van der Waals surface area contributed by atoms with E-state index in [1.165, 1.54) is 24.0 Å². The van der Waals surface area contributed by atoms with Gasteiger partial charge in [0.15, 0.2) is 0 Å². The van der Waals surface area contributed by atoms with Crippen molar-refractivity contribution in [2.75, 3.05) is 7.11 Å². The summed E-state index contributed by atoms with van der Waals surface area (Å²) >= 11 is 0. The zero-order valence-corrected chi connectivity index (χ0v) is 16.4. The highest BCUT2D eigenvalue weighted by atomic mass is 16.5. The molecular formula is C24H27NO. The summed E-state index contributed by atoms with van der Waals surface area (Å²) in [4.78, 5) is 0. The molecule has 2 heteroatoms. The molecule has 0 saturated carbocycles. The van der Waals surface area contributed by atoms with Crippen molar-refractivity contribution >= 4 is 12.2 Å². The molecule has 3 rings (SSSR count). The lowest BCUT2D eigenvalue weighted by atomic mass is 9.63. The smallest absolute Gasteiger partial charge is 0.126 e. The normalized spacial score (nSPS) is 17.5. The molecular weight excluding hydrogens is 318 g/mol. The zero-order chi connectivity index (χ0) is 18.9. The number of benzene rings is 2. The van der Waals surface area contributed by atoms with Crippen LogP contribution in [0.4, 0.5) is 0 Å². The van der Waals surface area contributed by atoms with Crippen molar-refractivity contribution in [3.63, 3.8) is 0 Å². The Labute approximate surface area is 157 Å². The van der Waals surface area contributed by atoms with Crippen LogP contribution < -0.4 is 4.74 Å². The number of hydrogen-bond acceptors (Lipinski definition) is 2. The van der Waals surface area contributed by atoms with Crippen LogP contribution in [0.15, 0.2) is 36.4 Å². The fourth-order valence-corrected chi connectivity index (χ4v) is 3.77. The van der Waals surface area contributed by atoms with Gasteiger partial charge in [-0.25, -0.2) is 0 Å². The van der Waals surface area contributed by atoms with E-state index in [2.05, 4.69) is 58.0 Å². The van der Waals surface area contributed by atoms with Gasteiger partial charge in [-0.2, -0.15) is 5.26 Å². The summed E-state index contributed by atoms with van der Waals surface area (Å²) in [5.74, 6) is 0.916. The fraction of sp³-hybridized carbons (Fsp3) is 0.375. The summed E-state index contributed by atoms with van der Waals surface area (Å²) in [5, 5.41) is 8.92. The lowest BCUT2D eigenvalue weighted by Gasteiger charge is -2.42. The molecule has 0 amide bonds. The average Bonchev–Trinajstić information content (AvgIpc) is 2.63. The predicted molar refractivity (Wildman–Crippen MR) is 108 cm³/mol. The van der Waals surface area contributed by atoms with Crippen LogP contribution in [0.1, 0.15) is 68.4 Å². The first-order valence-electron chi connectivity index (χ1n) is 9.18. The summed E-state index contributed by atoms with van der Waals surface area (Å²) in [6.45, 7) is 9.32. The molecule has 0 fully saturated rings. The van der Waals surface area contributed by atoms with E-state index in [4.69, 9.17) is 10.00 Å². The van der Waals surface area contributed by atoms with Crippen LogP contribution in [0.2, 0.25) is 0 Å². The van der Waals surface area contributed by atoms with Crippen LogP contribution in [0, 0.1) is 11.3 Å². The van der Waals surface area contributed by atoms with E-state index in [9.17, 15) is 0 Å². The third-order valence-electron chi connectivity index (χ3n) is 5.70. The van der Waals surface area contributed by atoms with E-state index in [0.717, 1.165) is 16.9 Å². The maximum atomic E-state index is 8.92. The summed E-state index contributed by atoms with van der Waals surface area (Å²) in [6.07, 6.45) is 6.57. The van der Waals surface area contributed by atoms with Crippen LogP contribution in [0.5, 0.6) is 5.75 Å². The second-order valence-electron chi connectivity index (χ2n) is 8.47. The first-order chi connectivity index (χ1) is 12.3. The van der Waals surface area contributed by atoms with Crippen LogP contribution >= 0.6 is 0 Å². The van der Waals surface area contributed by atoms with Crippen molar-refractivity contribution in [3.8, 4) is 11.8 Å². The molecule has 1 aliphatic rings. The summed E-state index contributed by atoms with van der Waals surface area (Å²) in [5.41, 5.74) is 6.03. The van der Waals surface area contributed by atoms with Gasteiger partial charge in [0.05, 0.1) is 18.7 Å². The molecule has 0 spiro atoms. The van der Waals surface area contributed by atoms with Crippen LogP contribution in [-0.4, -0.2) is 7.11 Å². The summed E-state index contributed by atoms with van der Waals surface area (Å²) < 4.78 is 5.70. The number of methoxy groups -OCH3 is 1. The largest absolute Gasteiger partial charge is 0.496 e. The predicted octanol–water partition coefficient (Wildman–Crippen LogP) is 6.09. The van der Waals surface area contributed by atoms with E-state index in [1.807, 2.05) is 24.3 Å². The van der Waals surface area contributed by atoms with Crippen molar-refractivity contribution in [2.24, 2.45) is 0 Å². The molecule has 1 aliphatic carbocycles. The Kier molecular flexibility index (Phi) is 4.67. The molecule has 0 radical (unpaired) electrons. The summed E-state index contributed by atoms with van der Waals surface area (Å²) in [6, 6.07) is 14.3. The molecule has 0 aromatic heterocycles. The van der Waals surface area contributed by atoms with Crippen molar-refractivity contribution in [1.82, 2.24) is 0 Å². The number of rotatable bonds is 3. The Morgan fingerprint density at radius 3 is 2.04 bits per heavy atom. The van der Waals surface area contributed by atoms with E-state index in [-0.39, 0.29) is 10.8 Å². The third-order valence-corrected chi connectivity index (χ3v) is 5.70. The van der Waals surface area contributed by atoms with Crippen molar-refractivity contribution in [1.29, 1.82) is 5.26 Å². The Morgan fingerprint density at radius 2 is 1.50 bits per heavy atom. The molecule has 0 N–H and O–H groups in total. The minimum Gasteiger partial charge on any atom is -0.496 e. The standard InChI is InChI=1S/C24H27NO/c1-23(2)12-13-24(3,4)21-15-22(26-5)19(14-20(21)23)11-10-17-6-8-18(16-25)9-7-17/h6-11,14-15H,12-13H2,1-5H3. The third kappa shape index (κ3) is 3.40. The van der Waals surface area contributed by atoms with E-state index in [0.29, 0.717) is 5.56 Å². The molecule has 2 nitrogen and oxygen atoms in total. The van der Waals surface area contributed by atoms with Crippen molar-refractivity contribution < 1.29 is 4.74 Å². The SMILES string of the molecule is COc1cc2c(cc1C=Cc1ccc(C#N)cc1)C(C)(C)CCC2(C)C. The molecule has 2 aromatic rings. The Hall–Kier alpha value is -2.53. The monoisotopic (exact) mass is 345 g/mol. The molecule has 134 valence electrons. The number of fused-ring (bicyclic) bond motifs is 1. The van der Waals surface area contributed by atoms with Gasteiger partial charge in [0.2, 0.25) is 0 Å². The zero-order valence-electron chi connectivity index (χ0n) is 16.4. The molecule has 0 unspecified atom stereocenters. The molecule has 0 saturated heterocycles. The molecule has 26 heavy (non-hydrogen) atoms. The lowest BCUT2D eigenvalue weighted by Crippen LogP contribution is -2.33. The van der Waals surface area contributed by atoms with Crippen molar-refractivity contribution in [2.45, 2.75) is 51.4 Å². The lowest BCUT2D eigenvalue weighted by molar-refractivity contribution is 0.328. The van der Waals surface area contributed by atoms with E-state index in [1.54, 1.807) is 7.11 Å². The first-order valence-corrected chi connectivity index (χ1v) is 9.18. The van der Waals surface area contributed by atoms with Crippen LogP contribution in [0.25, 0.3) is 12.2 Å². The maximum absolute atomic E-state index is 8.92. The number of hydrogen-bond donors (Lipinski definition) is 0. The van der Waals surface area contributed by atoms with Crippen LogP contribution in [0.3, 0.4) is 0 Å². The molecule has 0 heterocycles. The van der Waals surface area contributed by atoms with Gasteiger partial charge in [-0.3, -0.25) is 0 Å². The molecule has 0 bridgehead atoms. The van der Waals surface area contributed by atoms with Gasteiger partial charge in [0, 0.05) is 5.56 Å². The highest BCUT2D eigenvalue weighted by Gasteiger charge is 2.37. The van der Waals surface area contributed by atoms with Gasteiger partial charge in [-0.1, -0.05) is 52.0 Å². The fourth-order valence-electron chi connectivity index (χ4n) is 3.77. The topological polar surface area (TPSA) is 33.0 Å². The molecule has 2 aromatic carbocycles. The highest BCUT2D eigenvalue weighted by Crippen LogP contribution is 2.47. The Morgan fingerprint density at radius 1 is 0.923 bits per heavy atom. The van der Waals surface area contributed by atoms with Gasteiger partial charge in [0.1, 0.15) is 5.75 Å². The summed E-state index contributed by atoms with van der Waals surface area (Å²) in [7, 11) is 1.74. The Bertz CT molecular complexity index is 880. The number of nitrogens with zero attached hydrogens (tertiary/aromatic N) is 1. The number of nitriles is 1.